The number of furan rings is 1. The maximum Gasteiger partial charge on any atom is 0.136 e. The van der Waals surface area contributed by atoms with Gasteiger partial charge in [-0.2, -0.15) is 0 Å². The highest BCUT2D eigenvalue weighted by Crippen LogP contribution is 2.34. The van der Waals surface area contributed by atoms with E-state index in [9.17, 15) is 0 Å². The average Bonchev–Trinajstić information content (AvgIpc) is 3.15. The number of aromatic nitrogens is 1. The van der Waals surface area contributed by atoms with Crippen LogP contribution >= 0.6 is 0 Å². The van der Waals surface area contributed by atoms with Crippen LogP contribution in [0.3, 0.4) is 0 Å². The minimum atomic E-state index is -2.09. The summed E-state index contributed by atoms with van der Waals surface area (Å²) in [4.78, 5) is 4.57. The molecule has 0 fully saturated rings. The van der Waals surface area contributed by atoms with Crippen LogP contribution in [0.4, 0.5) is 0 Å². The third-order valence-corrected chi connectivity index (χ3v) is 5.44. The molecule has 0 N–H and O–H groups in total. The first-order valence-corrected chi connectivity index (χ1v) is 9.83. The molecule has 0 saturated heterocycles. The minimum Gasteiger partial charge on any atom is -0.456 e. The second-order valence-corrected chi connectivity index (χ2v) is 7.73. The monoisotopic (exact) mass is 380 g/mol. The van der Waals surface area contributed by atoms with E-state index < -0.39 is 6.85 Å². The van der Waals surface area contributed by atoms with Crippen LogP contribution in [0, 0.1) is 6.85 Å². The molecule has 0 amide bonds. The lowest BCUT2D eigenvalue weighted by Gasteiger charge is -2.07. The van der Waals surface area contributed by atoms with E-state index in [0.29, 0.717) is 11.5 Å². The standard InChI is InChI=1S/C27H23NO/c1-17(2)20-12-13-28-25(15-20)22-9-11-26-24(14-22)23-10-8-21(16-27(23)29-26)19-6-4-18(3)5-7-19/h4-17H,1-3H3/i3D3. The number of nitrogens with zero attached hydrogens (tertiary/aromatic N) is 1. The molecule has 2 aromatic heterocycles. The summed E-state index contributed by atoms with van der Waals surface area (Å²) < 4.78 is 28.8. The van der Waals surface area contributed by atoms with Gasteiger partial charge in [0.15, 0.2) is 0 Å². The highest BCUT2D eigenvalue weighted by Gasteiger charge is 2.11. The molecule has 0 atom stereocenters. The molecule has 0 aliphatic heterocycles. The molecule has 0 spiro atoms. The predicted molar refractivity (Wildman–Crippen MR) is 121 cm³/mol. The van der Waals surface area contributed by atoms with E-state index in [0.717, 1.165) is 44.3 Å². The van der Waals surface area contributed by atoms with Crippen molar-refractivity contribution in [3.8, 4) is 22.4 Å². The number of rotatable bonds is 3. The summed E-state index contributed by atoms with van der Waals surface area (Å²) >= 11 is 0. The Balaban J connectivity index is 1.55. The van der Waals surface area contributed by atoms with Gasteiger partial charge < -0.3 is 4.42 Å². The summed E-state index contributed by atoms with van der Waals surface area (Å²) in [5.74, 6) is 0.447. The van der Waals surface area contributed by atoms with Crippen molar-refractivity contribution in [3.05, 3.63) is 90.1 Å². The lowest BCUT2D eigenvalue weighted by Crippen LogP contribution is -1.90. The molecule has 2 heteroatoms. The molecule has 0 aliphatic carbocycles. The van der Waals surface area contributed by atoms with Crippen LogP contribution in [0.5, 0.6) is 0 Å². The van der Waals surface area contributed by atoms with Crippen molar-refractivity contribution in [2.45, 2.75) is 26.6 Å². The van der Waals surface area contributed by atoms with Crippen LogP contribution in [-0.4, -0.2) is 4.98 Å². The van der Waals surface area contributed by atoms with Gasteiger partial charge in [-0.05, 0) is 71.9 Å². The van der Waals surface area contributed by atoms with E-state index in [1.54, 1.807) is 12.1 Å². The zero-order chi connectivity index (χ0) is 22.5. The van der Waals surface area contributed by atoms with Gasteiger partial charge in [-0.25, -0.2) is 0 Å². The van der Waals surface area contributed by atoms with Crippen molar-refractivity contribution >= 4 is 21.9 Å². The summed E-state index contributed by atoms with van der Waals surface area (Å²) in [5, 5.41) is 2.10. The van der Waals surface area contributed by atoms with Crippen molar-refractivity contribution in [2.75, 3.05) is 0 Å². The van der Waals surface area contributed by atoms with Gasteiger partial charge in [0.2, 0.25) is 0 Å². The van der Waals surface area contributed by atoms with Crippen LogP contribution in [0.15, 0.2) is 83.4 Å². The topological polar surface area (TPSA) is 26.0 Å². The van der Waals surface area contributed by atoms with E-state index in [2.05, 4.69) is 43.1 Å². The Morgan fingerprint density at radius 2 is 1.55 bits per heavy atom. The van der Waals surface area contributed by atoms with Gasteiger partial charge in [-0.3, -0.25) is 4.98 Å². The Bertz CT molecular complexity index is 1430. The van der Waals surface area contributed by atoms with Gasteiger partial charge in [0.25, 0.3) is 0 Å². The van der Waals surface area contributed by atoms with Crippen LogP contribution in [0.2, 0.25) is 0 Å². The number of fused-ring (bicyclic) bond motifs is 3. The molecule has 5 aromatic rings. The number of benzene rings is 3. The summed E-state index contributed by atoms with van der Waals surface area (Å²) in [6, 6.07) is 23.5. The second-order valence-electron chi connectivity index (χ2n) is 7.73. The van der Waals surface area contributed by atoms with Crippen LogP contribution < -0.4 is 0 Å². The maximum atomic E-state index is 7.54. The van der Waals surface area contributed by atoms with Gasteiger partial charge in [0.05, 0.1) is 5.69 Å². The van der Waals surface area contributed by atoms with Crippen LogP contribution in [0.25, 0.3) is 44.3 Å². The SMILES string of the molecule is [2H]C([2H])([2H])c1ccc(-c2ccc3c(c2)oc2ccc(-c4cc(C(C)C)ccn4)cc23)cc1. The van der Waals surface area contributed by atoms with Gasteiger partial charge in [0.1, 0.15) is 11.2 Å². The van der Waals surface area contributed by atoms with Crippen molar-refractivity contribution in [2.24, 2.45) is 0 Å². The average molecular weight is 381 g/mol. The molecular formula is C27H23NO. The number of pyridine rings is 1. The summed E-state index contributed by atoms with van der Waals surface area (Å²) in [7, 11) is 0. The Labute approximate surface area is 175 Å². The first-order valence-electron chi connectivity index (χ1n) is 11.3. The smallest absolute Gasteiger partial charge is 0.136 e. The zero-order valence-electron chi connectivity index (χ0n) is 19.4. The molecule has 0 bridgehead atoms. The second kappa shape index (κ2) is 6.89. The Morgan fingerprint density at radius 1 is 0.759 bits per heavy atom. The predicted octanol–water partition coefficient (Wildman–Crippen LogP) is 7.75. The summed E-state index contributed by atoms with van der Waals surface area (Å²) in [6.45, 7) is 2.27. The van der Waals surface area contributed by atoms with Gasteiger partial charge in [0, 0.05) is 26.6 Å². The molecule has 2 heterocycles. The van der Waals surface area contributed by atoms with E-state index in [-0.39, 0.29) is 0 Å². The minimum absolute atomic E-state index is 0.341. The fraction of sp³-hybridized carbons (Fsp3) is 0.148. The Hall–Kier alpha value is -3.39. The molecule has 29 heavy (non-hydrogen) atoms. The normalized spacial score (nSPS) is 13.6. The van der Waals surface area contributed by atoms with E-state index in [4.69, 9.17) is 8.53 Å². The Kier molecular flexibility index (Phi) is 3.47. The lowest BCUT2D eigenvalue weighted by molar-refractivity contribution is 0.669. The van der Waals surface area contributed by atoms with Gasteiger partial charge in [-0.15, -0.1) is 0 Å². The van der Waals surface area contributed by atoms with Gasteiger partial charge in [-0.1, -0.05) is 49.7 Å². The molecule has 0 saturated carbocycles. The molecular weight excluding hydrogens is 354 g/mol. The lowest BCUT2D eigenvalue weighted by atomic mass is 10.00. The summed E-state index contributed by atoms with van der Waals surface area (Å²) in [6.07, 6.45) is 1.87. The molecule has 3 aromatic carbocycles. The Morgan fingerprint density at radius 3 is 2.34 bits per heavy atom. The quantitative estimate of drug-likeness (QED) is 0.320. The van der Waals surface area contributed by atoms with E-state index in [1.807, 2.05) is 42.6 Å². The maximum absolute atomic E-state index is 7.54. The fourth-order valence-corrected chi connectivity index (χ4v) is 3.74. The first kappa shape index (κ1) is 14.6. The summed E-state index contributed by atoms with van der Waals surface area (Å²) in [5.41, 5.74) is 7.20. The van der Waals surface area contributed by atoms with Crippen molar-refractivity contribution in [1.29, 1.82) is 0 Å². The molecule has 0 aliphatic rings. The molecule has 0 radical (unpaired) electrons. The highest BCUT2D eigenvalue weighted by atomic mass is 16.3. The number of hydrogen-bond donors (Lipinski definition) is 0. The third kappa shape index (κ3) is 3.21. The van der Waals surface area contributed by atoms with Crippen LogP contribution in [-0.2, 0) is 0 Å². The number of aryl methyl sites for hydroxylation is 1. The van der Waals surface area contributed by atoms with E-state index >= 15 is 0 Å². The molecule has 5 rings (SSSR count). The zero-order valence-corrected chi connectivity index (χ0v) is 16.4. The van der Waals surface area contributed by atoms with Crippen molar-refractivity contribution in [1.82, 2.24) is 4.98 Å². The molecule has 0 unspecified atom stereocenters. The first-order chi connectivity index (χ1) is 15.3. The molecule has 2 nitrogen and oxygen atoms in total. The fourth-order valence-electron chi connectivity index (χ4n) is 3.74. The van der Waals surface area contributed by atoms with Crippen LogP contribution in [0.1, 0.15) is 35.0 Å². The highest BCUT2D eigenvalue weighted by molar-refractivity contribution is 6.07. The van der Waals surface area contributed by atoms with Gasteiger partial charge >= 0.3 is 0 Å². The largest absolute Gasteiger partial charge is 0.456 e. The number of hydrogen-bond acceptors (Lipinski definition) is 2. The molecule has 142 valence electrons. The third-order valence-electron chi connectivity index (χ3n) is 5.44. The van der Waals surface area contributed by atoms with Crippen molar-refractivity contribution in [3.63, 3.8) is 0 Å². The van der Waals surface area contributed by atoms with E-state index in [1.165, 1.54) is 5.56 Å². The van der Waals surface area contributed by atoms with Crippen molar-refractivity contribution < 1.29 is 8.53 Å².